The zero-order valence-corrected chi connectivity index (χ0v) is 11.8. The maximum atomic E-state index is 4.37. The van der Waals surface area contributed by atoms with Gasteiger partial charge in [-0.15, -0.1) is 0 Å². The Hall–Kier alpha value is -1.49. The molecule has 0 saturated carbocycles. The lowest BCUT2D eigenvalue weighted by Gasteiger charge is -2.20. The van der Waals surface area contributed by atoms with Gasteiger partial charge in [-0.3, -0.25) is 4.98 Å². The molecule has 4 nitrogen and oxygen atoms in total. The van der Waals surface area contributed by atoms with E-state index in [0.29, 0.717) is 0 Å². The zero-order chi connectivity index (χ0) is 12.8. The quantitative estimate of drug-likeness (QED) is 0.797. The van der Waals surface area contributed by atoms with Gasteiger partial charge < -0.3 is 4.90 Å². The minimum absolute atomic E-state index is 0.727. The molecule has 0 bridgehead atoms. The second-order valence-electron chi connectivity index (χ2n) is 3.86. The highest BCUT2D eigenvalue weighted by molar-refractivity contribution is 9.08. The molecule has 0 amide bonds. The lowest BCUT2D eigenvalue weighted by molar-refractivity contribution is 0.773. The number of nitrogens with zero attached hydrogens (tertiary/aromatic N) is 4. The number of aromatic nitrogens is 3. The van der Waals surface area contributed by atoms with Crippen LogP contribution in [0.15, 0.2) is 36.8 Å². The average molecular weight is 307 g/mol. The van der Waals surface area contributed by atoms with Gasteiger partial charge >= 0.3 is 0 Å². The van der Waals surface area contributed by atoms with Crippen molar-refractivity contribution in [3.63, 3.8) is 0 Å². The van der Waals surface area contributed by atoms with Gasteiger partial charge in [0.2, 0.25) is 5.95 Å². The summed E-state index contributed by atoms with van der Waals surface area (Å²) in [6.45, 7) is 3.67. The van der Waals surface area contributed by atoms with Gasteiger partial charge in [0.15, 0.2) is 0 Å². The van der Waals surface area contributed by atoms with Crippen LogP contribution in [-0.2, 0) is 11.9 Å². The second-order valence-corrected chi connectivity index (χ2v) is 4.42. The lowest BCUT2D eigenvalue weighted by atomic mass is 10.3. The van der Waals surface area contributed by atoms with Gasteiger partial charge in [-0.1, -0.05) is 22.0 Å². The molecule has 0 N–H and O–H groups in total. The maximum Gasteiger partial charge on any atom is 0.225 e. The van der Waals surface area contributed by atoms with Gasteiger partial charge in [0.1, 0.15) is 0 Å². The van der Waals surface area contributed by atoms with E-state index in [-0.39, 0.29) is 0 Å². The first-order valence-corrected chi connectivity index (χ1v) is 6.97. The van der Waals surface area contributed by atoms with Crippen molar-refractivity contribution in [2.75, 3.05) is 11.4 Å². The highest BCUT2D eigenvalue weighted by atomic mass is 79.9. The second kappa shape index (κ2) is 6.44. The van der Waals surface area contributed by atoms with Crippen molar-refractivity contribution in [3.8, 4) is 0 Å². The molecule has 5 heteroatoms. The fourth-order valence-corrected chi connectivity index (χ4v) is 1.88. The third-order valence-corrected chi connectivity index (χ3v) is 3.24. The highest BCUT2D eigenvalue weighted by Crippen LogP contribution is 2.11. The fraction of sp³-hybridized carbons (Fsp3) is 0.308. The van der Waals surface area contributed by atoms with E-state index in [4.69, 9.17) is 0 Å². The molecule has 0 aliphatic heterocycles. The molecule has 2 aromatic rings. The largest absolute Gasteiger partial charge is 0.335 e. The first-order valence-electron chi connectivity index (χ1n) is 5.85. The number of halogens is 1. The van der Waals surface area contributed by atoms with E-state index in [9.17, 15) is 0 Å². The molecule has 0 aliphatic carbocycles. The summed E-state index contributed by atoms with van der Waals surface area (Å²) in [6.07, 6.45) is 5.49. The number of anilines is 1. The van der Waals surface area contributed by atoms with Crippen LogP contribution in [0.1, 0.15) is 18.2 Å². The van der Waals surface area contributed by atoms with E-state index < -0.39 is 0 Å². The predicted octanol–water partition coefficient (Wildman–Crippen LogP) is 2.79. The summed E-state index contributed by atoms with van der Waals surface area (Å²) in [6, 6.07) is 5.92. The zero-order valence-electron chi connectivity index (χ0n) is 10.3. The third kappa shape index (κ3) is 3.26. The molecule has 2 aromatic heterocycles. The van der Waals surface area contributed by atoms with Gasteiger partial charge in [-0.25, -0.2) is 9.97 Å². The number of rotatable bonds is 5. The van der Waals surface area contributed by atoms with Crippen LogP contribution in [0.3, 0.4) is 0 Å². The molecule has 94 valence electrons. The molecular weight excluding hydrogens is 292 g/mol. The van der Waals surface area contributed by atoms with Gasteiger partial charge in [0.25, 0.3) is 0 Å². The summed E-state index contributed by atoms with van der Waals surface area (Å²) in [5, 5.41) is 0.777. The summed E-state index contributed by atoms with van der Waals surface area (Å²) in [5.41, 5.74) is 2.10. The molecule has 0 fully saturated rings. The smallest absolute Gasteiger partial charge is 0.225 e. The van der Waals surface area contributed by atoms with Gasteiger partial charge in [-0.2, -0.15) is 0 Å². The Morgan fingerprint density at radius 1 is 1.17 bits per heavy atom. The Balaban J connectivity index is 2.12. The van der Waals surface area contributed by atoms with E-state index in [1.165, 1.54) is 0 Å². The number of hydrogen-bond acceptors (Lipinski definition) is 4. The molecule has 0 radical (unpaired) electrons. The van der Waals surface area contributed by atoms with Gasteiger partial charge in [0, 0.05) is 30.5 Å². The average Bonchev–Trinajstić information content (AvgIpc) is 2.46. The van der Waals surface area contributed by atoms with Crippen LogP contribution < -0.4 is 4.90 Å². The topological polar surface area (TPSA) is 41.9 Å². The Morgan fingerprint density at radius 2 is 1.94 bits per heavy atom. The van der Waals surface area contributed by atoms with Gasteiger partial charge in [-0.05, 0) is 24.6 Å². The minimum atomic E-state index is 0.727. The Labute approximate surface area is 115 Å². The normalized spacial score (nSPS) is 10.3. The van der Waals surface area contributed by atoms with Gasteiger partial charge in [0.05, 0.1) is 12.2 Å². The van der Waals surface area contributed by atoms with Crippen molar-refractivity contribution >= 4 is 21.9 Å². The van der Waals surface area contributed by atoms with Crippen LogP contribution in [0.25, 0.3) is 0 Å². The summed E-state index contributed by atoms with van der Waals surface area (Å²) >= 11 is 3.39. The Kier molecular flexibility index (Phi) is 4.64. The van der Waals surface area contributed by atoms with Crippen molar-refractivity contribution in [2.45, 2.75) is 18.8 Å². The number of pyridine rings is 1. The van der Waals surface area contributed by atoms with Crippen LogP contribution in [0, 0.1) is 0 Å². The molecule has 18 heavy (non-hydrogen) atoms. The first-order chi connectivity index (χ1) is 8.83. The van der Waals surface area contributed by atoms with E-state index in [0.717, 1.165) is 35.6 Å². The molecule has 2 heterocycles. The van der Waals surface area contributed by atoms with Crippen LogP contribution >= 0.6 is 15.9 Å². The predicted molar refractivity (Wildman–Crippen MR) is 75.6 cm³/mol. The summed E-state index contributed by atoms with van der Waals surface area (Å²) in [5.74, 6) is 0.743. The SMILES string of the molecule is CCN(Cc1ccccn1)c1ncc(CBr)cn1. The first kappa shape index (κ1) is 13.0. The van der Waals surface area contributed by atoms with Crippen LogP contribution in [-0.4, -0.2) is 21.5 Å². The van der Waals surface area contributed by atoms with Crippen molar-refractivity contribution < 1.29 is 0 Å². The summed E-state index contributed by atoms with van der Waals surface area (Å²) in [7, 11) is 0. The van der Waals surface area contributed by atoms with Crippen LogP contribution in [0.2, 0.25) is 0 Å². The molecule has 0 unspecified atom stereocenters. The maximum absolute atomic E-state index is 4.37. The van der Waals surface area contributed by atoms with Crippen molar-refractivity contribution in [3.05, 3.63) is 48.0 Å². The van der Waals surface area contributed by atoms with E-state index in [1.54, 1.807) is 6.20 Å². The Bertz CT molecular complexity index is 472. The van der Waals surface area contributed by atoms with Crippen LogP contribution in [0.4, 0.5) is 5.95 Å². The standard InChI is InChI=1S/C13H15BrN4/c1-2-18(10-12-5-3-4-6-15-12)13-16-8-11(7-14)9-17-13/h3-6,8-9H,2,7,10H2,1H3. The van der Waals surface area contributed by atoms with Crippen molar-refractivity contribution in [1.29, 1.82) is 0 Å². The number of hydrogen-bond donors (Lipinski definition) is 0. The minimum Gasteiger partial charge on any atom is -0.335 e. The molecular formula is C13H15BrN4. The molecule has 0 saturated heterocycles. The summed E-state index contributed by atoms with van der Waals surface area (Å²) in [4.78, 5) is 15.2. The molecule has 0 aromatic carbocycles. The third-order valence-electron chi connectivity index (χ3n) is 2.59. The summed E-state index contributed by atoms with van der Waals surface area (Å²) < 4.78 is 0. The molecule has 2 rings (SSSR count). The van der Waals surface area contributed by atoms with E-state index in [2.05, 4.69) is 42.7 Å². The molecule has 0 atom stereocenters. The van der Waals surface area contributed by atoms with Crippen molar-refractivity contribution in [2.24, 2.45) is 0 Å². The lowest BCUT2D eigenvalue weighted by Crippen LogP contribution is -2.24. The monoisotopic (exact) mass is 306 g/mol. The highest BCUT2D eigenvalue weighted by Gasteiger charge is 2.08. The van der Waals surface area contributed by atoms with E-state index in [1.807, 2.05) is 30.6 Å². The van der Waals surface area contributed by atoms with E-state index >= 15 is 0 Å². The Morgan fingerprint density at radius 3 is 2.50 bits per heavy atom. The molecule has 0 aliphatic rings. The van der Waals surface area contributed by atoms with Crippen LogP contribution in [0.5, 0.6) is 0 Å². The fourth-order valence-electron chi connectivity index (χ4n) is 1.59. The number of alkyl halides is 1. The van der Waals surface area contributed by atoms with Crippen molar-refractivity contribution in [1.82, 2.24) is 15.0 Å². The molecule has 0 spiro atoms.